The van der Waals surface area contributed by atoms with E-state index in [9.17, 15) is 0 Å². The second-order valence-electron chi connectivity index (χ2n) is 22.6. The molecule has 0 saturated carbocycles. The predicted molar refractivity (Wildman–Crippen MR) is 342 cm³/mol. The first-order valence-electron chi connectivity index (χ1n) is 28.8. The number of aromatic nitrogens is 1. The Hall–Kier alpha value is -10.7. The van der Waals surface area contributed by atoms with Gasteiger partial charge in [-0.2, -0.15) is 0 Å². The number of para-hydroxylation sites is 4. The van der Waals surface area contributed by atoms with E-state index in [4.69, 9.17) is 4.42 Å². The van der Waals surface area contributed by atoms with Crippen molar-refractivity contribution in [3.63, 3.8) is 0 Å². The van der Waals surface area contributed by atoms with Gasteiger partial charge in [-0.1, -0.05) is 231 Å². The number of furan rings is 1. The molecule has 3 heterocycles. The minimum absolute atomic E-state index is 0.560. The summed E-state index contributed by atoms with van der Waals surface area (Å²) in [5, 5.41) is 4.80. The number of nitrogens with zero attached hydrogens (tertiary/aromatic N) is 2. The molecule has 1 unspecified atom stereocenters. The van der Waals surface area contributed by atoms with Gasteiger partial charge in [-0.25, -0.2) is 0 Å². The van der Waals surface area contributed by atoms with Gasteiger partial charge in [-0.15, -0.1) is 0 Å². The van der Waals surface area contributed by atoms with E-state index in [0.717, 1.165) is 55.7 Å². The molecule has 3 nitrogen and oxygen atoms in total. The lowest BCUT2D eigenvalue weighted by Crippen LogP contribution is -2.33. The smallest absolute Gasteiger partial charge is 0.135 e. The minimum Gasteiger partial charge on any atom is -0.456 e. The molecule has 18 rings (SSSR count). The third-order valence-electron chi connectivity index (χ3n) is 18.7. The molecular weight excluding hydrogens is 1000 g/mol. The van der Waals surface area contributed by atoms with Gasteiger partial charge in [-0.05, 0) is 162 Å². The lowest BCUT2D eigenvalue weighted by molar-refractivity contribution is 0.669. The predicted octanol–water partition coefficient (Wildman–Crippen LogP) is 20.5. The van der Waals surface area contributed by atoms with Crippen LogP contribution in [-0.2, 0) is 10.8 Å². The molecule has 386 valence electrons. The Labute approximate surface area is 480 Å². The van der Waals surface area contributed by atoms with Gasteiger partial charge >= 0.3 is 0 Å². The maximum absolute atomic E-state index is 6.26. The highest BCUT2D eigenvalue weighted by Gasteiger charge is 2.51. The van der Waals surface area contributed by atoms with Gasteiger partial charge in [0.25, 0.3) is 0 Å². The summed E-state index contributed by atoms with van der Waals surface area (Å²) in [7, 11) is 0. The van der Waals surface area contributed by atoms with Crippen molar-refractivity contribution in [2.45, 2.75) is 10.8 Å². The summed E-state index contributed by atoms with van der Waals surface area (Å²) in [5.74, 6) is 0. The highest BCUT2D eigenvalue weighted by molar-refractivity contribution is 6.13. The van der Waals surface area contributed by atoms with Gasteiger partial charge in [0.05, 0.1) is 27.6 Å². The SMILES string of the molecule is c1ccc(C2(c3ccccc3)c3ccccc3-c3ccc(N(c4ccc(-c5ccc6oc7ccccc7c6c5)cc4)c4cccc(-c5ccc6c(c5)C5(c7ccccc7-6)c6ccccc6-n6c7ccccc7c7cccc5c76)c4)cc32)cc1. The van der Waals surface area contributed by atoms with Crippen LogP contribution in [0.4, 0.5) is 17.1 Å². The van der Waals surface area contributed by atoms with Crippen molar-refractivity contribution in [1.29, 1.82) is 0 Å². The van der Waals surface area contributed by atoms with E-state index < -0.39 is 10.8 Å². The Morgan fingerprint density at radius 1 is 0.277 bits per heavy atom. The molecule has 1 spiro atoms. The summed E-state index contributed by atoms with van der Waals surface area (Å²) < 4.78 is 8.79. The van der Waals surface area contributed by atoms with Crippen molar-refractivity contribution in [1.82, 2.24) is 4.57 Å². The fourth-order valence-electron chi connectivity index (χ4n) is 15.3. The monoisotopic (exact) mass is 1050 g/mol. The number of fused-ring (bicyclic) bond motifs is 18. The molecule has 2 aromatic heterocycles. The van der Waals surface area contributed by atoms with Crippen LogP contribution < -0.4 is 4.90 Å². The van der Waals surface area contributed by atoms with Crippen LogP contribution >= 0.6 is 0 Å². The minimum atomic E-state index is -0.563. The second kappa shape index (κ2) is 17.4. The standard InChI is InChI=1S/C80H50N2O/c1-3-20-55(21-4-1)79(56-22-5-2-6-23-56)68-30-11-7-25-60(68)63-45-43-59(50-73(63)79)81(57-41-37-51(38-42-57)53-40-46-77-67(48-53)65-28-10-16-36-76(65)83-77)58-24-17-19-52(47-58)54-39-44-62-61-26-8-12-31-69(61)80(72(62)49-54)70-32-13-15-35-75(70)82-74-34-14-9-27-64(74)66-29-18-33-71(80)78(66)82/h1-50H. The van der Waals surface area contributed by atoms with E-state index in [1.807, 2.05) is 12.1 Å². The summed E-state index contributed by atoms with van der Waals surface area (Å²) in [4.78, 5) is 2.46. The number of rotatable bonds is 7. The Balaban J connectivity index is 0.837. The topological polar surface area (TPSA) is 21.3 Å². The molecule has 13 aromatic carbocycles. The van der Waals surface area contributed by atoms with Crippen molar-refractivity contribution in [3.8, 4) is 50.2 Å². The van der Waals surface area contributed by atoms with Crippen LogP contribution in [-0.4, -0.2) is 4.57 Å². The molecule has 0 saturated heterocycles. The molecule has 0 N–H and O–H groups in total. The van der Waals surface area contributed by atoms with E-state index in [1.54, 1.807) is 0 Å². The zero-order valence-corrected chi connectivity index (χ0v) is 45.2. The van der Waals surface area contributed by atoms with Crippen LogP contribution in [0.3, 0.4) is 0 Å². The van der Waals surface area contributed by atoms with E-state index >= 15 is 0 Å². The first-order chi connectivity index (χ1) is 41.2. The zero-order chi connectivity index (χ0) is 54.4. The Morgan fingerprint density at radius 2 is 0.795 bits per heavy atom. The lowest BCUT2D eigenvalue weighted by Gasteiger charge is -2.39. The van der Waals surface area contributed by atoms with Crippen molar-refractivity contribution >= 4 is 60.8 Å². The third kappa shape index (κ3) is 6.28. The average Bonchev–Trinajstić information content (AvgIpc) is 1.61. The number of benzene rings is 13. The van der Waals surface area contributed by atoms with Gasteiger partial charge in [0.2, 0.25) is 0 Å². The molecular formula is C80H50N2O. The van der Waals surface area contributed by atoms with Crippen molar-refractivity contribution < 1.29 is 4.42 Å². The van der Waals surface area contributed by atoms with Gasteiger partial charge < -0.3 is 13.9 Å². The van der Waals surface area contributed by atoms with Gasteiger partial charge in [-0.3, -0.25) is 0 Å². The molecule has 0 bridgehead atoms. The molecule has 0 fully saturated rings. The fourth-order valence-corrected chi connectivity index (χ4v) is 15.3. The maximum Gasteiger partial charge on any atom is 0.135 e. The molecule has 1 aliphatic heterocycles. The zero-order valence-electron chi connectivity index (χ0n) is 45.2. The number of anilines is 3. The molecule has 83 heavy (non-hydrogen) atoms. The summed E-state index contributed by atoms with van der Waals surface area (Å²) in [6, 6.07) is 113. The first kappa shape index (κ1) is 46.1. The quantitative estimate of drug-likeness (QED) is 0.159. The van der Waals surface area contributed by atoms with Crippen LogP contribution in [0, 0.1) is 0 Å². The summed E-state index contributed by atoms with van der Waals surface area (Å²) >= 11 is 0. The highest BCUT2D eigenvalue weighted by Crippen LogP contribution is 2.62. The van der Waals surface area contributed by atoms with Crippen LogP contribution in [0.25, 0.3) is 93.9 Å². The van der Waals surface area contributed by atoms with Gasteiger partial charge in [0.15, 0.2) is 0 Å². The van der Waals surface area contributed by atoms with E-state index in [1.165, 1.54) is 99.8 Å². The van der Waals surface area contributed by atoms with E-state index in [-0.39, 0.29) is 0 Å². The molecule has 0 radical (unpaired) electrons. The Bertz CT molecular complexity index is 5120. The van der Waals surface area contributed by atoms with Crippen LogP contribution in [0.15, 0.2) is 308 Å². The van der Waals surface area contributed by atoms with Crippen molar-refractivity contribution in [3.05, 3.63) is 348 Å². The Kier molecular flexibility index (Phi) is 9.64. The maximum atomic E-state index is 6.26. The summed E-state index contributed by atoms with van der Waals surface area (Å²) in [5.41, 5.74) is 27.6. The van der Waals surface area contributed by atoms with Crippen molar-refractivity contribution in [2.24, 2.45) is 0 Å². The largest absolute Gasteiger partial charge is 0.456 e. The molecule has 3 heteroatoms. The van der Waals surface area contributed by atoms with Gasteiger partial charge in [0.1, 0.15) is 11.2 Å². The van der Waals surface area contributed by atoms with Crippen LogP contribution in [0.5, 0.6) is 0 Å². The van der Waals surface area contributed by atoms with E-state index in [2.05, 4.69) is 301 Å². The average molecular weight is 1060 g/mol. The fraction of sp³-hybridized carbons (Fsp3) is 0.0250. The Morgan fingerprint density at radius 3 is 1.58 bits per heavy atom. The number of hydrogen-bond donors (Lipinski definition) is 0. The molecule has 3 aliphatic rings. The molecule has 0 amide bonds. The second-order valence-corrected chi connectivity index (χ2v) is 22.6. The number of hydrogen-bond acceptors (Lipinski definition) is 2. The normalized spacial score (nSPS) is 14.9. The van der Waals surface area contributed by atoms with Crippen LogP contribution in [0.2, 0.25) is 0 Å². The molecule has 15 aromatic rings. The summed E-state index contributed by atoms with van der Waals surface area (Å²) in [6.45, 7) is 0. The van der Waals surface area contributed by atoms with E-state index in [0.29, 0.717) is 0 Å². The first-order valence-corrected chi connectivity index (χ1v) is 28.8. The lowest BCUT2D eigenvalue weighted by atomic mass is 9.65. The van der Waals surface area contributed by atoms with Crippen LogP contribution in [0.1, 0.15) is 44.5 Å². The third-order valence-corrected chi connectivity index (χ3v) is 18.7. The highest BCUT2D eigenvalue weighted by atomic mass is 16.3. The molecule has 1 atom stereocenters. The molecule has 2 aliphatic carbocycles. The van der Waals surface area contributed by atoms with Gasteiger partial charge in [0, 0.05) is 38.6 Å². The summed E-state index contributed by atoms with van der Waals surface area (Å²) in [6.07, 6.45) is 0. The van der Waals surface area contributed by atoms with Crippen molar-refractivity contribution in [2.75, 3.05) is 4.90 Å².